The number of aryl methyl sites for hydroxylation is 1. The first-order valence-electron chi connectivity index (χ1n) is 10.4. The number of para-hydroxylation sites is 1. The van der Waals surface area contributed by atoms with Crippen LogP contribution < -0.4 is 4.74 Å². The fraction of sp³-hybridized carbons (Fsp3) is 0.320. The Bertz CT molecular complexity index is 1140. The highest BCUT2D eigenvalue weighted by atomic mass is 16.5. The Balaban J connectivity index is 1.50. The molecule has 2 unspecified atom stereocenters. The van der Waals surface area contributed by atoms with Crippen LogP contribution in [0.2, 0.25) is 0 Å². The number of hydrogen-bond donors (Lipinski definition) is 1. The molecule has 1 aliphatic heterocycles. The van der Waals surface area contributed by atoms with E-state index in [1.807, 2.05) is 68.4 Å². The van der Waals surface area contributed by atoms with Gasteiger partial charge in [0.2, 0.25) is 5.91 Å². The molecule has 2 aromatic carbocycles. The summed E-state index contributed by atoms with van der Waals surface area (Å²) < 4.78 is 6.02. The minimum atomic E-state index is -0.986. The van der Waals surface area contributed by atoms with Gasteiger partial charge in [0, 0.05) is 23.2 Å². The molecule has 4 rings (SSSR count). The molecule has 1 amide bonds. The van der Waals surface area contributed by atoms with Gasteiger partial charge in [-0.1, -0.05) is 30.3 Å². The third-order valence-corrected chi connectivity index (χ3v) is 6.23. The minimum absolute atomic E-state index is 0.144. The van der Waals surface area contributed by atoms with E-state index in [4.69, 9.17) is 4.74 Å². The first-order valence-corrected chi connectivity index (χ1v) is 10.4. The first kappa shape index (κ1) is 20.8. The molecule has 6 heteroatoms. The predicted molar refractivity (Wildman–Crippen MR) is 118 cm³/mol. The van der Waals surface area contributed by atoms with Crippen LogP contribution >= 0.6 is 0 Å². The van der Waals surface area contributed by atoms with Gasteiger partial charge in [0.05, 0.1) is 10.9 Å². The number of rotatable bonds is 6. The monoisotopic (exact) mass is 418 g/mol. The van der Waals surface area contributed by atoms with E-state index in [0.29, 0.717) is 25.3 Å². The molecule has 2 atom stereocenters. The molecule has 0 radical (unpaired) electrons. The smallest absolute Gasteiger partial charge is 0.326 e. The molecule has 1 N–H and O–H groups in total. The van der Waals surface area contributed by atoms with E-state index in [2.05, 4.69) is 4.98 Å². The molecule has 1 fully saturated rings. The zero-order chi connectivity index (χ0) is 22.2. The maximum atomic E-state index is 13.0. The quantitative estimate of drug-likeness (QED) is 0.652. The van der Waals surface area contributed by atoms with Gasteiger partial charge in [0.25, 0.3) is 0 Å². The number of aromatic nitrogens is 1. The summed E-state index contributed by atoms with van der Waals surface area (Å²) in [5.74, 6) is -0.415. The summed E-state index contributed by atoms with van der Waals surface area (Å²) in [7, 11) is 0. The number of carboxylic acids is 1. The number of ether oxygens (including phenoxy) is 1. The lowest BCUT2D eigenvalue weighted by atomic mass is 9.81. The van der Waals surface area contributed by atoms with Crippen molar-refractivity contribution >= 4 is 22.8 Å². The van der Waals surface area contributed by atoms with Crippen molar-refractivity contribution in [1.29, 1.82) is 0 Å². The van der Waals surface area contributed by atoms with Crippen molar-refractivity contribution in [2.24, 2.45) is 0 Å². The highest BCUT2D eigenvalue weighted by Gasteiger charge is 2.46. The van der Waals surface area contributed by atoms with E-state index in [1.165, 1.54) is 4.90 Å². The molecule has 31 heavy (non-hydrogen) atoms. The first-order chi connectivity index (χ1) is 14.8. The zero-order valence-electron chi connectivity index (χ0n) is 18.0. The molecular formula is C25H26N2O4. The summed E-state index contributed by atoms with van der Waals surface area (Å²) in [6, 6.07) is 16.8. The van der Waals surface area contributed by atoms with Gasteiger partial charge in [-0.2, -0.15) is 0 Å². The summed E-state index contributed by atoms with van der Waals surface area (Å²) in [5.41, 5.74) is 3.11. The van der Waals surface area contributed by atoms with Crippen LogP contribution in [0.15, 0.2) is 54.6 Å². The Hall–Kier alpha value is -3.41. The molecular weight excluding hydrogens is 392 g/mol. The van der Waals surface area contributed by atoms with E-state index >= 15 is 0 Å². The Morgan fingerprint density at radius 1 is 1.23 bits per heavy atom. The number of pyridine rings is 1. The van der Waals surface area contributed by atoms with Gasteiger partial charge < -0.3 is 14.7 Å². The van der Waals surface area contributed by atoms with Gasteiger partial charge in [-0.25, -0.2) is 4.79 Å². The zero-order valence-corrected chi connectivity index (χ0v) is 18.0. The molecule has 160 valence electrons. The lowest BCUT2D eigenvalue weighted by Gasteiger charge is -2.26. The number of aliphatic carboxylic acids is 1. The van der Waals surface area contributed by atoms with Gasteiger partial charge in [-0.15, -0.1) is 0 Å². The number of carbonyl (C=O) groups excluding carboxylic acids is 1. The Kier molecular flexibility index (Phi) is 5.39. The molecule has 0 spiro atoms. The number of nitrogens with zero attached hydrogens (tertiary/aromatic N) is 2. The fourth-order valence-corrected chi connectivity index (χ4v) is 4.23. The molecule has 1 aliphatic rings. The van der Waals surface area contributed by atoms with Crippen LogP contribution in [-0.2, 0) is 21.6 Å². The molecule has 0 aliphatic carbocycles. The molecule has 1 aromatic heterocycles. The van der Waals surface area contributed by atoms with Gasteiger partial charge >= 0.3 is 5.97 Å². The second-order valence-corrected chi connectivity index (χ2v) is 8.35. The average Bonchev–Trinajstić information content (AvgIpc) is 3.07. The number of carboxylic acid groups (broad SMARTS) is 1. The standard InChI is InChI=1S/C25H26N2O4/c1-16-14-18(21-6-4-5-7-22(21)26-16)15-31-20-10-8-19(9-11-20)25(3)12-13-27(24(25)30)17(2)23(28)29/h4-11,14,17H,12-13,15H2,1-3H3,(H,28,29). The lowest BCUT2D eigenvalue weighted by Crippen LogP contribution is -2.44. The third kappa shape index (κ3) is 3.85. The van der Waals surface area contributed by atoms with E-state index in [0.717, 1.165) is 27.7 Å². The van der Waals surface area contributed by atoms with Gasteiger partial charge in [-0.3, -0.25) is 9.78 Å². The van der Waals surface area contributed by atoms with Crippen molar-refractivity contribution in [1.82, 2.24) is 9.88 Å². The number of benzene rings is 2. The third-order valence-electron chi connectivity index (χ3n) is 6.23. The number of fused-ring (bicyclic) bond motifs is 1. The van der Waals surface area contributed by atoms with Crippen molar-refractivity contribution in [3.05, 3.63) is 71.4 Å². The van der Waals surface area contributed by atoms with Crippen LogP contribution in [-0.4, -0.2) is 39.5 Å². The summed E-state index contributed by atoms with van der Waals surface area (Å²) in [4.78, 5) is 30.3. The van der Waals surface area contributed by atoms with Crippen LogP contribution in [0.4, 0.5) is 0 Å². The number of hydrogen-bond acceptors (Lipinski definition) is 4. The fourth-order valence-electron chi connectivity index (χ4n) is 4.23. The predicted octanol–water partition coefficient (Wildman–Crippen LogP) is 4.09. The van der Waals surface area contributed by atoms with E-state index in [1.54, 1.807) is 6.92 Å². The molecule has 3 aromatic rings. The summed E-state index contributed by atoms with van der Waals surface area (Å²) in [6.45, 7) is 6.26. The van der Waals surface area contributed by atoms with E-state index in [9.17, 15) is 14.7 Å². The average molecular weight is 418 g/mol. The number of likely N-dealkylation sites (tertiary alicyclic amines) is 1. The van der Waals surface area contributed by atoms with Crippen molar-refractivity contribution in [3.63, 3.8) is 0 Å². The second kappa shape index (κ2) is 8.02. The maximum Gasteiger partial charge on any atom is 0.326 e. The Morgan fingerprint density at radius 2 is 1.94 bits per heavy atom. The second-order valence-electron chi connectivity index (χ2n) is 8.35. The lowest BCUT2D eigenvalue weighted by molar-refractivity contribution is -0.148. The molecule has 1 saturated heterocycles. The minimum Gasteiger partial charge on any atom is -0.489 e. The van der Waals surface area contributed by atoms with Gasteiger partial charge in [0.15, 0.2) is 0 Å². The van der Waals surface area contributed by atoms with Crippen LogP contribution in [0.1, 0.15) is 37.1 Å². The molecule has 0 bridgehead atoms. The van der Waals surface area contributed by atoms with Gasteiger partial charge in [0.1, 0.15) is 18.4 Å². The normalized spacial score (nSPS) is 19.6. The maximum absolute atomic E-state index is 13.0. The van der Waals surface area contributed by atoms with Crippen molar-refractivity contribution in [2.75, 3.05) is 6.54 Å². The molecule has 0 saturated carbocycles. The van der Waals surface area contributed by atoms with Crippen LogP contribution in [0.5, 0.6) is 5.75 Å². The van der Waals surface area contributed by atoms with E-state index < -0.39 is 17.4 Å². The Morgan fingerprint density at radius 3 is 2.65 bits per heavy atom. The summed E-state index contributed by atoms with van der Waals surface area (Å²) in [5, 5.41) is 10.3. The van der Waals surface area contributed by atoms with Crippen LogP contribution in [0.25, 0.3) is 10.9 Å². The topological polar surface area (TPSA) is 79.7 Å². The molecule has 2 heterocycles. The van der Waals surface area contributed by atoms with Crippen molar-refractivity contribution in [2.45, 2.75) is 45.3 Å². The van der Waals surface area contributed by atoms with Crippen molar-refractivity contribution in [3.8, 4) is 5.75 Å². The van der Waals surface area contributed by atoms with Crippen LogP contribution in [0, 0.1) is 6.92 Å². The number of amides is 1. The van der Waals surface area contributed by atoms with E-state index in [-0.39, 0.29) is 5.91 Å². The number of carbonyl (C=O) groups is 2. The highest BCUT2D eigenvalue weighted by molar-refractivity contribution is 5.93. The Labute approximate surface area is 181 Å². The van der Waals surface area contributed by atoms with Crippen LogP contribution in [0.3, 0.4) is 0 Å². The summed E-state index contributed by atoms with van der Waals surface area (Å²) >= 11 is 0. The SMILES string of the molecule is Cc1cc(COc2ccc(C3(C)CCN(C(C)C(=O)O)C3=O)cc2)c2ccccc2n1. The van der Waals surface area contributed by atoms with Crippen molar-refractivity contribution < 1.29 is 19.4 Å². The highest BCUT2D eigenvalue weighted by Crippen LogP contribution is 2.37. The summed E-state index contributed by atoms with van der Waals surface area (Å²) in [6.07, 6.45) is 0.589. The molecule has 6 nitrogen and oxygen atoms in total. The van der Waals surface area contributed by atoms with Gasteiger partial charge in [-0.05, 0) is 57.0 Å². The largest absolute Gasteiger partial charge is 0.489 e.